The number of hydrogen-bond donors (Lipinski definition) is 2. The van der Waals surface area contributed by atoms with Crippen LogP contribution >= 0.6 is 0 Å². The van der Waals surface area contributed by atoms with E-state index in [0.29, 0.717) is 5.56 Å². The first-order valence-corrected chi connectivity index (χ1v) is 4.71. The Morgan fingerprint density at radius 2 is 2.20 bits per heavy atom. The predicted molar refractivity (Wildman–Crippen MR) is 52.8 cm³/mol. The van der Waals surface area contributed by atoms with Crippen molar-refractivity contribution in [2.24, 2.45) is 0 Å². The van der Waals surface area contributed by atoms with Crippen LogP contribution < -0.4 is 0 Å². The number of ether oxygens (including phenoxy) is 1. The monoisotopic (exact) mass is 208 g/mol. The van der Waals surface area contributed by atoms with Gasteiger partial charge in [0.25, 0.3) is 0 Å². The molecule has 4 heteroatoms. The molecule has 0 heterocycles. The van der Waals surface area contributed by atoms with Crippen molar-refractivity contribution >= 4 is 5.78 Å². The van der Waals surface area contributed by atoms with E-state index in [-0.39, 0.29) is 23.5 Å². The van der Waals surface area contributed by atoms with E-state index in [2.05, 4.69) is 0 Å². The summed E-state index contributed by atoms with van der Waals surface area (Å²) in [5.41, 5.74) is 0.663. The molecule has 15 heavy (non-hydrogen) atoms. The number of phenols is 1. The van der Waals surface area contributed by atoms with Crippen molar-refractivity contribution in [3.05, 3.63) is 29.3 Å². The average molecular weight is 208 g/mol. The maximum absolute atomic E-state index is 11.7. The van der Waals surface area contributed by atoms with Gasteiger partial charge in [0.05, 0.1) is 11.7 Å². The summed E-state index contributed by atoms with van der Waals surface area (Å²) >= 11 is 0. The van der Waals surface area contributed by atoms with Crippen LogP contribution in [-0.4, -0.2) is 29.2 Å². The van der Waals surface area contributed by atoms with Gasteiger partial charge in [-0.3, -0.25) is 4.79 Å². The molecule has 2 atom stereocenters. The van der Waals surface area contributed by atoms with Crippen LogP contribution in [0, 0.1) is 0 Å². The van der Waals surface area contributed by atoms with Gasteiger partial charge >= 0.3 is 0 Å². The van der Waals surface area contributed by atoms with E-state index >= 15 is 0 Å². The van der Waals surface area contributed by atoms with E-state index in [4.69, 9.17) is 4.74 Å². The van der Waals surface area contributed by atoms with Crippen molar-refractivity contribution < 1.29 is 19.7 Å². The van der Waals surface area contributed by atoms with Crippen molar-refractivity contribution in [1.82, 2.24) is 0 Å². The van der Waals surface area contributed by atoms with Gasteiger partial charge in [-0.05, 0) is 11.6 Å². The summed E-state index contributed by atoms with van der Waals surface area (Å²) in [6, 6.07) is 4.67. The predicted octanol–water partition coefficient (Wildman–Crippen LogP) is 1.03. The van der Waals surface area contributed by atoms with Crippen LogP contribution in [0.3, 0.4) is 0 Å². The quantitative estimate of drug-likeness (QED) is 0.723. The number of carbonyl (C=O) groups excluding carboxylic acids is 1. The Morgan fingerprint density at radius 3 is 2.87 bits per heavy atom. The second-order valence-electron chi connectivity index (χ2n) is 3.59. The molecule has 0 amide bonds. The molecule has 0 spiro atoms. The molecule has 0 fully saturated rings. The summed E-state index contributed by atoms with van der Waals surface area (Å²) in [4.78, 5) is 11.7. The minimum Gasteiger partial charge on any atom is -0.507 e. The highest BCUT2D eigenvalue weighted by atomic mass is 16.5. The van der Waals surface area contributed by atoms with Gasteiger partial charge in [-0.1, -0.05) is 12.1 Å². The second-order valence-corrected chi connectivity index (χ2v) is 3.59. The zero-order valence-electron chi connectivity index (χ0n) is 8.30. The van der Waals surface area contributed by atoms with Gasteiger partial charge in [0, 0.05) is 13.5 Å². The molecule has 0 aliphatic heterocycles. The largest absolute Gasteiger partial charge is 0.507 e. The van der Waals surface area contributed by atoms with Crippen LogP contribution in [0.15, 0.2) is 18.2 Å². The summed E-state index contributed by atoms with van der Waals surface area (Å²) in [7, 11) is 1.45. The number of phenolic OH excluding ortho intramolecular Hbond substituents is 1. The topological polar surface area (TPSA) is 66.8 Å². The lowest BCUT2D eigenvalue weighted by Crippen LogP contribution is -2.30. The van der Waals surface area contributed by atoms with E-state index in [1.54, 1.807) is 12.1 Å². The zero-order valence-corrected chi connectivity index (χ0v) is 8.30. The smallest absolute Gasteiger partial charge is 0.169 e. The molecule has 0 unspecified atom stereocenters. The Labute approximate surface area is 87.1 Å². The van der Waals surface area contributed by atoms with Gasteiger partial charge in [0.1, 0.15) is 11.9 Å². The third-order valence-electron chi connectivity index (χ3n) is 2.71. The van der Waals surface area contributed by atoms with E-state index in [9.17, 15) is 15.0 Å². The van der Waals surface area contributed by atoms with Crippen molar-refractivity contribution in [2.75, 3.05) is 7.11 Å². The minimum atomic E-state index is -0.852. The number of aliphatic hydroxyl groups excluding tert-OH is 1. The lowest BCUT2D eigenvalue weighted by Gasteiger charge is -2.28. The fraction of sp³-hybridized carbons (Fsp3) is 0.364. The van der Waals surface area contributed by atoms with Gasteiger partial charge in [-0.25, -0.2) is 0 Å². The molecule has 1 aliphatic carbocycles. The van der Waals surface area contributed by atoms with Crippen molar-refractivity contribution in [2.45, 2.75) is 18.6 Å². The molecule has 2 rings (SSSR count). The third-order valence-corrected chi connectivity index (χ3v) is 2.71. The average Bonchev–Trinajstić information content (AvgIpc) is 2.23. The van der Waals surface area contributed by atoms with Crippen molar-refractivity contribution in [3.8, 4) is 5.75 Å². The standard InChI is InChI=1S/C11H12O4/c1-15-9-5-8(13)10-6(11(9)14)3-2-4-7(10)12/h2-4,9,11-12,14H,5H2,1H3/t9-,11+/m0/s1. The van der Waals surface area contributed by atoms with E-state index in [0.717, 1.165) is 0 Å². The van der Waals surface area contributed by atoms with Crippen LogP contribution in [0.25, 0.3) is 0 Å². The fourth-order valence-electron chi connectivity index (χ4n) is 1.92. The number of methoxy groups -OCH3 is 1. The molecule has 1 aromatic rings. The van der Waals surface area contributed by atoms with E-state index < -0.39 is 12.2 Å². The Balaban J connectivity index is 2.53. The second kappa shape index (κ2) is 3.64. The highest BCUT2D eigenvalue weighted by molar-refractivity contribution is 6.01. The molecule has 0 saturated heterocycles. The van der Waals surface area contributed by atoms with Crippen molar-refractivity contribution in [1.29, 1.82) is 0 Å². The summed E-state index contributed by atoms with van der Waals surface area (Å²) in [6.45, 7) is 0. The SMILES string of the molecule is CO[C@H]1CC(=O)c2c(O)cccc2[C@H]1O. The molecular weight excluding hydrogens is 196 g/mol. The number of aromatic hydroxyl groups is 1. The molecule has 2 N–H and O–H groups in total. The Morgan fingerprint density at radius 1 is 1.47 bits per heavy atom. The third kappa shape index (κ3) is 1.52. The summed E-state index contributed by atoms with van der Waals surface area (Å²) in [6.07, 6.45) is -1.27. The van der Waals surface area contributed by atoms with Gasteiger partial charge in [0.15, 0.2) is 5.78 Å². The van der Waals surface area contributed by atoms with Gasteiger partial charge in [0.2, 0.25) is 0 Å². The van der Waals surface area contributed by atoms with Gasteiger partial charge < -0.3 is 14.9 Å². The first kappa shape index (κ1) is 10.1. The molecule has 0 radical (unpaired) electrons. The maximum Gasteiger partial charge on any atom is 0.169 e. The maximum atomic E-state index is 11.7. The first-order chi connectivity index (χ1) is 7.15. The summed E-state index contributed by atoms with van der Waals surface area (Å²) < 4.78 is 5.02. The van der Waals surface area contributed by atoms with E-state index in [1.807, 2.05) is 0 Å². The Kier molecular flexibility index (Phi) is 2.46. The number of hydrogen-bond acceptors (Lipinski definition) is 4. The normalized spacial score (nSPS) is 25.1. The Hall–Kier alpha value is -1.39. The minimum absolute atomic E-state index is 0.0777. The lowest BCUT2D eigenvalue weighted by molar-refractivity contribution is -0.0194. The number of ketones is 1. The molecule has 0 aromatic heterocycles. The van der Waals surface area contributed by atoms with Gasteiger partial charge in [-0.15, -0.1) is 0 Å². The number of aliphatic hydroxyl groups is 1. The molecule has 1 aromatic carbocycles. The summed E-state index contributed by atoms with van der Waals surface area (Å²) in [5.74, 6) is -0.272. The fourth-order valence-corrected chi connectivity index (χ4v) is 1.92. The number of rotatable bonds is 1. The Bertz CT molecular complexity index is 400. The number of benzene rings is 1. The van der Waals surface area contributed by atoms with Crippen LogP contribution in [0.2, 0.25) is 0 Å². The van der Waals surface area contributed by atoms with Crippen LogP contribution in [-0.2, 0) is 4.74 Å². The molecule has 80 valence electrons. The molecule has 0 saturated carbocycles. The van der Waals surface area contributed by atoms with Gasteiger partial charge in [-0.2, -0.15) is 0 Å². The molecule has 4 nitrogen and oxygen atoms in total. The first-order valence-electron chi connectivity index (χ1n) is 4.71. The lowest BCUT2D eigenvalue weighted by atomic mass is 9.86. The van der Waals surface area contributed by atoms with Crippen molar-refractivity contribution in [3.63, 3.8) is 0 Å². The van der Waals surface area contributed by atoms with Crippen LogP contribution in [0.5, 0.6) is 5.75 Å². The zero-order chi connectivity index (χ0) is 11.0. The summed E-state index contributed by atoms with van der Waals surface area (Å²) in [5, 5.41) is 19.4. The number of Topliss-reactive ketones (excluding diaryl/α,β-unsaturated/α-hetero) is 1. The van der Waals surface area contributed by atoms with Crippen LogP contribution in [0.1, 0.15) is 28.4 Å². The highest BCUT2D eigenvalue weighted by Gasteiger charge is 2.34. The number of fused-ring (bicyclic) bond motifs is 1. The van der Waals surface area contributed by atoms with Crippen LogP contribution in [0.4, 0.5) is 0 Å². The molecule has 1 aliphatic rings. The number of carbonyl (C=O) groups is 1. The highest BCUT2D eigenvalue weighted by Crippen LogP contribution is 2.35. The molecular formula is C11H12O4. The molecule has 0 bridgehead atoms. The van der Waals surface area contributed by atoms with E-state index in [1.165, 1.54) is 13.2 Å².